The lowest BCUT2D eigenvalue weighted by Gasteiger charge is -2.42. The van der Waals surface area contributed by atoms with Crippen molar-refractivity contribution in [3.05, 3.63) is 11.8 Å². The van der Waals surface area contributed by atoms with Gasteiger partial charge in [-0.15, -0.1) is 0 Å². The monoisotopic (exact) mass is 388 g/mol. The SMILES string of the molecule is COC(=O)C1=CO[C@H](O[C@H]2O[C@@H](CO)[C@H](O)[C@H](O)[C@H]2O)[C@@H]2[C@H]1C(=O)C[C@H]2C. The van der Waals surface area contributed by atoms with Crippen molar-refractivity contribution < 1.29 is 49.0 Å². The Balaban J connectivity index is 1.82. The summed E-state index contributed by atoms with van der Waals surface area (Å²) in [6.07, 6.45) is -6.93. The Labute approximate surface area is 155 Å². The van der Waals surface area contributed by atoms with Gasteiger partial charge in [0.05, 0.1) is 31.5 Å². The third-order valence-corrected chi connectivity index (χ3v) is 5.43. The van der Waals surface area contributed by atoms with Crippen LogP contribution >= 0.6 is 0 Å². The van der Waals surface area contributed by atoms with Gasteiger partial charge in [-0.2, -0.15) is 0 Å². The number of fused-ring (bicyclic) bond motifs is 1. The van der Waals surface area contributed by atoms with Crippen molar-refractivity contribution in [1.29, 1.82) is 0 Å². The van der Waals surface area contributed by atoms with E-state index in [4.69, 9.17) is 18.9 Å². The third kappa shape index (κ3) is 3.48. The zero-order valence-corrected chi connectivity index (χ0v) is 14.9. The summed E-state index contributed by atoms with van der Waals surface area (Å²) in [5.74, 6) is -2.28. The van der Waals surface area contributed by atoms with E-state index in [0.717, 1.165) is 6.26 Å². The molecule has 0 radical (unpaired) electrons. The number of hydrogen-bond donors (Lipinski definition) is 4. The van der Waals surface area contributed by atoms with Crippen LogP contribution in [0.3, 0.4) is 0 Å². The Morgan fingerprint density at radius 1 is 1.22 bits per heavy atom. The number of Topliss-reactive ketones (excluding diaryl/α,β-unsaturated/α-hetero) is 1. The second-order valence-corrected chi connectivity index (χ2v) is 7.11. The van der Waals surface area contributed by atoms with E-state index in [-0.39, 0.29) is 23.7 Å². The van der Waals surface area contributed by atoms with Gasteiger partial charge in [-0.1, -0.05) is 6.92 Å². The molecule has 0 unspecified atom stereocenters. The number of carbonyl (C=O) groups excluding carboxylic acids is 2. The number of aliphatic hydroxyl groups is 4. The summed E-state index contributed by atoms with van der Waals surface area (Å²) in [4.78, 5) is 24.4. The second kappa shape index (κ2) is 7.82. The lowest BCUT2D eigenvalue weighted by atomic mass is 9.83. The maximum atomic E-state index is 12.4. The number of methoxy groups -OCH3 is 1. The fraction of sp³-hybridized carbons (Fsp3) is 0.765. The molecule has 0 amide bonds. The van der Waals surface area contributed by atoms with Crippen molar-refractivity contribution in [1.82, 2.24) is 0 Å². The Bertz CT molecular complexity index is 617. The van der Waals surface area contributed by atoms with Crippen molar-refractivity contribution in [2.24, 2.45) is 17.8 Å². The first-order valence-corrected chi connectivity index (χ1v) is 8.72. The highest BCUT2D eigenvalue weighted by Gasteiger charge is 2.54. The molecule has 4 N–H and O–H groups in total. The molecule has 3 rings (SSSR count). The fourth-order valence-corrected chi connectivity index (χ4v) is 3.96. The zero-order chi connectivity index (χ0) is 19.9. The molecule has 0 aromatic rings. The summed E-state index contributed by atoms with van der Waals surface area (Å²) in [7, 11) is 1.21. The standard InChI is InChI=1S/C17H24O10/c1-6-3-8(19)11-7(15(23)24-2)5-25-16(10(6)11)27-17-14(22)13(21)12(20)9(4-18)26-17/h5-6,9-14,16-18,20-22H,3-4H2,1-2H3/t6-,9+,10+,11-,12+,13+,14-,16-,17-/m1/s1. The first kappa shape index (κ1) is 20.2. The first-order chi connectivity index (χ1) is 12.8. The predicted molar refractivity (Wildman–Crippen MR) is 85.6 cm³/mol. The summed E-state index contributed by atoms with van der Waals surface area (Å²) in [6.45, 7) is 1.22. The van der Waals surface area contributed by atoms with Gasteiger partial charge < -0.3 is 39.4 Å². The molecule has 2 aliphatic heterocycles. The molecule has 0 bridgehead atoms. The van der Waals surface area contributed by atoms with Crippen LogP contribution in [-0.4, -0.2) is 82.9 Å². The Kier molecular flexibility index (Phi) is 5.84. The van der Waals surface area contributed by atoms with Crippen LogP contribution in [0.25, 0.3) is 0 Å². The van der Waals surface area contributed by atoms with Crippen LogP contribution in [0, 0.1) is 17.8 Å². The Morgan fingerprint density at radius 2 is 1.93 bits per heavy atom. The van der Waals surface area contributed by atoms with Crippen LogP contribution < -0.4 is 0 Å². The van der Waals surface area contributed by atoms with Crippen LogP contribution in [-0.2, 0) is 28.5 Å². The van der Waals surface area contributed by atoms with Crippen LogP contribution in [0.1, 0.15) is 13.3 Å². The molecule has 2 fully saturated rings. The summed E-state index contributed by atoms with van der Waals surface area (Å²) in [6, 6.07) is 0. The van der Waals surface area contributed by atoms with Crippen LogP contribution in [0.4, 0.5) is 0 Å². The maximum Gasteiger partial charge on any atom is 0.337 e. The maximum absolute atomic E-state index is 12.4. The Hall–Kier alpha value is -1.56. The second-order valence-electron chi connectivity index (χ2n) is 7.11. The average Bonchev–Trinajstić information content (AvgIpc) is 2.96. The van der Waals surface area contributed by atoms with E-state index < -0.39 is 61.4 Å². The normalized spacial score (nSPS) is 44.3. The highest BCUT2D eigenvalue weighted by Crippen LogP contribution is 2.45. The minimum atomic E-state index is -1.59. The van der Waals surface area contributed by atoms with Crippen molar-refractivity contribution in [2.45, 2.75) is 50.3 Å². The van der Waals surface area contributed by atoms with Gasteiger partial charge in [-0.05, 0) is 5.92 Å². The fourth-order valence-electron chi connectivity index (χ4n) is 3.96. The molecule has 10 heteroatoms. The predicted octanol–water partition coefficient (Wildman–Crippen LogP) is -1.94. The van der Waals surface area contributed by atoms with E-state index in [0.29, 0.717) is 0 Å². The van der Waals surface area contributed by atoms with Gasteiger partial charge in [-0.3, -0.25) is 4.79 Å². The van der Waals surface area contributed by atoms with Crippen molar-refractivity contribution in [3.63, 3.8) is 0 Å². The molecule has 27 heavy (non-hydrogen) atoms. The zero-order valence-electron chi connectivity index (χ0n) is 14.9. The van der Waals surface area contributed by atoms with Crippen LogP contribution in [0.15, 0.2) is 11.8 Å². The number of esters is 1. The summed E-state index contributed by atoms with van der Waals surface area (Å²) < 4.78 is 21.2. The number of ether oxygens (including phenoxy) is 4. The van der Waals surface area contributed by atoms with E-state index in [1.807, 2.05) is 6.92 Å². The van der Waals surface area contributed by atoms with Gasteiger partial charge in [0.25, 0.3) is 0 Å². The number of ketones is 1. The number of aliphatic hydroxyl groups excluding tert-OH is 4. The highest BCUT2D eigenvalue weighted by atomic mass is 16.8. The average molecular weight is 388 g/mol. The van der Waals surface area contributed by atoms with Crippen LogP contribution in [0.2, 0.25) is 0 Å². The molecule has 2 heterocycles. The Morgan fingerprint density at radius 3 is 2.56 bits per heavy atom. The van der Waals surface area contributed by atoms with Gasteiger partial charge in [0.1, 0.15) is 30.2 Å². The number of carbonyl (C=O) groups is 2. The smallest absolute Gasteiger partial charge is 0.337 e. The topological polar surface area (TPSA) is 152 Å². The van der Waals surface area contributed by atoms with Crippen LogP contribution in [0.5, 0.6) is 0 Å². The first-order valence-electron chi connectivity index (χ1n) is 8.72. The van der Waals surface area contributed by atoms with E-state index in [1.54, 1.807) is 0 Å². The van der Waals surface area contributed by atoms with Gasteiger partial charge in [0.2, 0.25) is 6.29 Å². The van der Waals surface area contributed by atoms with Crippen molar-refractivity contribution >= 4 is 11.8 Å². The quantitative estimate of drug-likeness (QED) is 0.400. The largest absolute Gasteiger partial charge is 0.472 e. The molecular formula is C17H24O10. The molecule has 1 saturated carbocycles. The molecule has 152 valence electrons. The summed E-state index contributed by atoms with van der Waals surface area (Å²) in [5, 5.41) is 39.1. The molecule has 0 spiro atoms. The third-order valence-electron chi connectivity index (χ3n) is 5.43. The van der Waals surface area contributed by atoms with Gasteiger partial charge in [0, 0.05) is 12.3 Å². The lowest BCUT2D eigenvalue weighted by Crippen LogP contribution is -2.60. The van der Waals surface area contributed by atoms with Crippen molar-refractivity contribution in [2.75, 3.05) is 13.7 Å². The van der Waals surface area contributed by atoms with Gasteiger partial charge >= 0.3 is 5.97 Å². The van der Waals surface area contributed by atoms with E-state index in [9.17, 15) is 30.0 Å². The summed E-state index contributed by atoms with van der Waals surface area (Å²) >= 11 is 0. The minimum absolute atomic E-state index is 0.102. The number of rotatable bonds is 4. The van der Waals surface area contributed by atoms with E-state index in [2.05, 4.69) is 0 Å². The molecule has 3 aliphatic rings. The molecular weight excluding hydrogens is 364 g/mol. The molecule has 9 atom stereocenters. The number of hydrogen-bond acceptors (Lipinski definition) is 10. The summed E-state index contributed by atoms with van der Waals surface area (Å²) in [5.41, 5.74) is 0.102. The van der Waals surface area contributed by atoms with E-state index >= 15 is 0 Å². The molecule has 0 aromatic heterocycles. The van der Waals surface area contributed by atoms with E-state index in [1.165, 1.54) is 7.11 Å². The van der Waals surface area contributed by atoms with Gasteiger partial charge in [-0.25, -0.2) is 4.79 Å². The van der Waals surface area contributed by atoms with Gasteiger partial charge in [0.15, 0.2) is 6.29 Å². The lowest BCUT2D eigenvalue weighted by molar-refractivity contribution is -0.342. The molecule has 10 nitrogen and oxygen atoms in total. The molecule has 1 aliphatic carbocycles. The van der Waals surface area contributed by atoms with Crippen molar-refractivity contribution in [3.8, 4) is 0 Å². The molecule has 0 aromatic carbocycles. The molecule has 1 saturated heterocycles. The highest BCUT2D eigenvalue weighted by molar-refractivity contribution is 5.99. The minimum Gasteiger partial charge on any atom is -0.472 e.